The summed E-state index contributed by atoms with van der Waals surface area (Å²) in [6, 6.07) is 7.95. The van der Waals surface area contributed by atoms with E-state index in [4.69, 9.17) is 10.5 Å². The van der Waals surface area contributed by atoms with Gasteiger partial charge in [0.25, 0.3) is 0 Å². The van der Waals surface area contributed by atoms with E-state index in [0.29, 0.717) is 19.6 Å². The average Bonchev–Trinajstić information content (AvgIpc) is 2.32. The van der Waals surface area contributed by atoms with Crippen molar-refractivity contribution < 1.29 is 9.53 Å². The van der Waals surface area contributed by atoms with Crippen molar-refractivity contribution in [3.05, 3.63) is 34.3 Å². The molecule has 1 amide bonds. The van der Waals surface area contributed by atoms with Crippen LogP contribution >= 0.6 is 15.9 Å². The fourth-order valence-electron chi connectivity index (χ4n) is 1.83. The second-order valence-electron chi connectivity index (χ2n) is 4.07. The van der Waals surface area contributed by atoms with E-state index < -0.39 is 0 Å². The summed E-state index contributed by atoms with van der Waals surface area (Å²) in [7, 11) is 0. The molecule has 1 aliphatic heterocycles. The fourth-order valence-corrected chi connectivity index (χ4v) is 2.28. The van der Waals surface area contributed by atoms with Crippen LogP contribution in [0.5, 0.6) is 0 Å². The molecule has 92 valence electrons. The van der Waals surface area contributed by atoms with Crippen LogP contribution in [0.15, 0.2) is 28.7 Å². The number of halogens is 1. The maximum atomic E-state index is 11.7. The van der Waals surface area contributed by atoms with Gasteiger partial charge in [-0.3, -0.25) is 4.79 Å². The molecule has 0 aromatic heterocycles. The Bertz CT molecular complexity index is 411. The van der Waals surface area contributed by atoms with E-state index >= 15 is 0 Å². The molecule has 1 aliphatic rings. The fraction of sp³-hybridized carbons (Fsp3) is 0.417. The monoisotopic (exact) mass is 298 g/mol. The first-order valence-corrected chi connectivity index (χ1v) is 6.32. The third kappa shape index (κ3) is 3.28. The second-order valence-corrected chi connectivity index (χ2v) is 4.99. The van der Waals surface area contributed by atoms with E-state index in [1.54, 1.807) is 4.90 Å². The van der Waals surface area contributed by atoms with E-state index in [1.807, 2.05) is 24.3 Å². The van der Waals surface area contributed by atoms with Crippen LogP contribution in [-0.2, 0) is 16.1 Å². The summed E-state index contributed by atoms with van der Waals surface area (Å²) in [6.45, 7) is 1.76. The molecule has 17 heavy (non-hydrogen) atoms. The van der Waals surface area contributed by atoms with E-state index in [1.165, 1.54) is 0 Å². The van der Waals surface area contributed by atoms with Crippen molar-refractivity contribution in [2.24, 2.45) is 5.73 Å². The highest BCUT2D eigenvalue weighted by atomic mass is 79.9. The molecule has 4 nitrogen and oxygen atoms in total. The number of benzene rings is 1. The summed E-state index contributed by atoms with van der Waals surface area (Å²) in [6.07, 6.45) is -0.0418. The largest absolute Gasteiger partial charge is 0.365 e. The molecule has 0 bridgehead atoms. The third-order valence-electron chi connectivity index (χ3n) is 2.74. The molecule has 1 unspecified atom stereocenters. The zero-order valence-corrected chi connectivity index (χ0v) is 11.0. The highest BCUT2D eigenvalue weighted by molar-refractivity contribution is 9.10. The van der Waals surface area contributed by atoms with Crippen LogP contribution in [0.25, 0.3) is 0 Å². The minimum Gasteiger partial charge on any atom is -0.365 e. The van der Waals surface area contributed by atoms with Gasteiger partial charge in [0.2, 0.25) is 5.91 Å². The van der Waals surface area contributed by atoms with E-state index in [0.717, 1.165) is 10.0 Å². The molecule has 1 aromatic rings. The average molecular weight is 299 g/mol. The Morgan fingerprint density at radius 2 is 2.35 bits per heavy atom. The number of amides is 1. The molecular weight excluding hydrogens is 284 g/mol. The van der Waals surface area contributed by atoms with Crippen molar-refractivity contribution in [3.63, 3.8) is 0 Å². The Labute approximate surface area is 109 Å². The number of rotatable bonds is 3. The van der Waals surface area contributed by atoms with Crippen molar-refractivity contribution in [2.45, 2.75) is 12.6 Å². The standard InChI is InChI=1S/C12H15BrN2O2/c13-10-3-1-2-9(4-10)6-15-7-11(5-14)17-8-12(15)16/h1-4,11H,5-8,14H2. The van der Waals surface area contributed by atoms with Gasteiger partial charge < -0.3 is 15.4 Å². The van der Waals surface area contributed by atoms with Crippen molar-refractivity contribution in [2.75, 3.05) is 19.7 Å². The molecule has 1 heterocycles. The zero-order chi connectivity index (χ0) is 12.3. The quantitative estimate of drug-likeness (QED) is 0.910. The molecule has 1 aromatic carbocycles. The summed E-state index contributed by atoms with van der Waals surface area (Å²) in [5, 5.41) is 0. The van der Waals surface area contributed by atoms with Crippen LogP contribution in [0.2, 0.25) is 0 Å². The maximum Gasteiger partial charge on any atom is 0.248 e. The summed E-state index contributed by atoms with van der Waals surface area (Å²) in [5.74, 6) is 0.0228. The lowest BCUT2D eigenvalue weighted by molar-refractivity contribution is -0.149. The van der Waals surface area contributed by atoms with Gasteiger partial charge in [0.1, 0.15) is 6.61 Å². The zero-order valence-electron chi connectivity index (χ0n) is 9.43. The molecule has 2 N–H and O–H groups in total. The molecule has 0 aliphatic carbocycles. The first-order chi connectivity index (χ1) is 8.19. The normalized spacial score (nSPS) is 20.7. The van der Waals surface area contributed by atoms with Crippen LogP contribution in [0.1, 0.15) is 5.56 Å². The Morgan fingerprint density at radius 1 is 1.53 bits per heavy atom. The molecule has 1 saturated heterocycles. The number of carbonyl (C=O) groups excluding carboxylic acids is 1. The predicted molar refractivity (Wildman–Crippen MR) is 68.4 cm³/mol. The molecule has 0 radical (unpaired) electrons. The van der Waals surface area contributed by atoms with Gasteiger partial charge in [0.05, 0.1) is 6.10 Å². The van der Waals surface area contributed by atoms with E-state index in [2.05, 4.69) is 15.9 Å². The smallest absolute Gasteiger partial charge is 0.248 e. The van der Waals surface area contributed by atoms with E-state index in [9.17, 15) is 4.79 Å². The summed E-state index contributed by atoms with van der Waals surface area (Å²) in [5.41, 5.74) is 6.66. The van der Waals surface area contributed by atoms with Gasteiger partial charge in [-0.2, -0.15) is 0 Å². The van der Waals surface area contributed by atoms with Crippen LogP contribution in [-0.4, -0.2) is 36.6 Å². The van der Waals surface area contributed by atoms with Gasteiger partial charge in [-0.05, 0) is 17.7 Å². The summed E-state index contributed by atoms with van der Waals surface area (Å²) in [4.78, 5) is 13.5. The lowest BCUT2D eigenvalue weighted by Gasteiger charge is -2.32. The number of hydrogen-bond acceptors (Lipinski definition) is 3. The van der Waals surface area contributed by atoms with Crippen LogP contribution in [0, 0.1) is 0 Å². The number of nitrogens with two attached hydrogens (primary N) is 1. The number of hydrogen-bond donors (Lipinski definition) is 1. The number of ether oxygens (including phenoxy) is 1. The number of morpholine rings is 1. The highest BCUT2D eigenvalue weighted by Crippen LogP contribution is 2.15. The Hall–Kier alpha value is -0.910. The highest BCUT2D eigenvalue weighted by Gasteiger charge is 2.25. The van der Waals surface area contributed by atoms with Crippen molar-refractivity contribution in [1.82, 2.24) is 4.90 Å². The number of carbonyl (C=O) groups is 1. The SMILES string of the molecule is NCC1CN(Cc2cccc(Br)c2)C(=O)CO1. The molecule has 2 rings (SSSR count). The lowest BCUT2D eigenvalue weighted by Crippen LogP contribution is -2.48. The molecule has 1 fully saturated rings. The molecule has 0 saturated carbocycles. The van der Waals surface area contributed by atoms with Gasteiger partial charge in [-0.1, -0.05) is 28.1 Å². The third-order valence-corrected chi connectivity index (χ3v) is 3.24. The first-order valence-electron chi connectivity index (χ1n) is 5.53. The van der Waals surface area contributed by atoms with Crippen molar-refractivity contribution >= 4 is 21.8 Å². The van der Waals surface area contributed by atoms with Crippen LogP contribution in [0.4, 0.5) is 0 Å². The molecule has 5 heteroatoms. The minimum absolute atomic E-state index is 0.0228. The second kappa shape index (κ2) is 5.62. The van der Waals surface area contributed by atoms with Crippen molar-refractivity contribution in [3.8, 4) is 0 Å². The summed E-state index contributed by atoms with van der Waals surface area (Å²) >= 11 is 3.42. The molecular formula is C12H15BrN2O2. The van der Waals surface area contributed by atoms with Crippen LogP contribution < -0.4 is 5.73 Å². The van der Waals surface area contributed by atoms with Gasteiger partial charge in [0, 0.05) is 24.1 Å². The number of nitrogens with zero attached hydrogens (tertiary/aromatic N) is 1. The maximum absolute atomic E-state index is 11.7. The topological polar surface area (TPSA) is 55.6 Å². The Kier molecular flexibility index (Phi) is 4.15. The Balaban J connectivity index is 2.04. The molecule has 0 spiro atoms. The van der Waals surface area contributed by atoms with Gasteiger partial charge >= 0.3 is 0 Å². The predicted octanol–water partition coefficient (Wildman–Crippen LogP) is 1.14. The van der Waals surface area contributed by atoms with E-state index in [-0.39, 0.29) is 18.6 Å². The summed E-state index contributed by atoms with van der Waals surface area (Å²) < 4.78 is 6.33. The van der Waals surface area contributed by atoms with Gasteiger partial charge in [0.15, 0.2) is 0 Å². The van der Waals surface area contributed by atoms with Crippen molar-refractivity contribution in [1.29, 1.82) is 0 Å². The van der Waals surface area contributed by atoms with Gasteiger partial charge in [-0.15, -0.1) is 0 Å². The Morgan fingerprint density at radius 3 is 3.06 bits per heavy atom. The molecule has 1 atom stereocenters. The first kappa shape index (κ1) is 12.5. The van der Waals surface area contributed by atoms with Gasteiger partial charge in [-0.25, -0.2) is 0 Å². The van der Waals surface area contributed by atoms with Crippen LogP contribution in [0.3, 0.4) is 0 Å². The minimum atomic E-state index is -0.0418. The lowest BCUT2D eigenvalue weighted by atomic mass is 10.2.